The minimum absolute atomic E-state index is 0.0296. The molecule has 0 bridgehead atoms. The number of nitro groups is 1. The van der Waals surface area contributed by atoms with Crippen molar-refractivity contribution >= 4 is 17.8 Å². The van der Waals surface area contributed by atoms with Crippen molar-refractivity contribution < 1.29 is 27.3 Å². The third-order valence-electron chi connectivity index (χ3n) is 4.31. The fraction of sp³-hybridized carbons (Fsp3) is 0.143. The van der Waals surface area contributed by atoms with Crippen LogP contribution >= 0.6 is 0 Å². The Kier molecular flexibility index (Phi) is 6.19. The molecule has 0 unspecified atom stereocenters. The monoisotopic (exact) mass is 431 g/mol. The largest absolute Gasteiger partial charge is 0.455 e. The van der Waals surface area contributed by atoms with Gasteiger partial charge in [0, 0.05) is 17.7 Å². The number of aryl methyl sites for hydroxylation is 1. The predicted octanol–water partition coefficient (Wildman–Crippen LogP) is 4.87. The highest BCUT2D eigenvalue weighted by molar-refractivity contribution is 5.82. The third-order valence-corrected chi connectivity index (χ3v) is 4.31. The molecule has 160 valence electrons. The van der Waals surface area contributed by atoms with E-state index in [-0.39, 0.29) is 17.7 Å². The van der Waals surface area contributed by atoms with Crippen molar-refractivity contribution in [2.24, 2.45) is 5.10 Å². The molecule has 0 atom stereocenters. The molecule has 3 rings (SSSR count). The van der Waals surface area contributed by atoms with Gasteiger partial charge in [-0.05, 0) is 42.3 Å². The highest BCUT2D eigenvalue weighted by Crippen LogP contribution is 2.30. The highest BCUT2D eigenvalue weighted by Gasteiger charge is 2.30. The van der Waals surface area contributed by atoms with Gasteiger partial charge in [-0.3, -0.25) is 14.9 Å². The quantitative estimate of drug-likeness (QED) is 0.342. The van der Waals surface area contributed by atoms with Gasteiger partial charge in [0.15, 0.2) is 0 Å². The lowest BCUT2D eigenvalue weighted by Gasteiger charge is -2.08. The van der Waals surface area contributed by atoms with E-state index < -0.39 is 22.6 Å². The van der Waals surface area contributed by atoms with Crippen LogP contribution in [0.3, 0.4) is 0 Å². The summed E-state index contributed by atoms with van der Waals surface area (Å²) in [6, 6.07) is 12.1. The molecule has 1 heterocycles. The molecule has 31 heavy (non-hydrogen) atoms. The van der Waals surface area contributed by atoms with Crippen LogP contribution in [0.4, 0.5) is 18.9 Å². The van der Waals surface area contributed by atoms with Crippen LogP contribution in [0.1, 0.15) is 22.5 Å². The Bertz CT molecular complexity index is 1150. The molecule has 0 saturated carbocycles. The first-order valence-electron chi connectivity index (χ1n) is 8.97. The summed E-state index contributed by atoms with van der Waals surface area (Å²) in [5.41, 5.74) is 2.90. The number of nitrogens with zero attached hydrogens (tertiary/aromatic N) is 2. The molecule has 2 aromatic carbocycles. The SMILES string of the molecule is Cc1cc([N+](=O)[O-])ccc1-c1ccc(/C=N\NC(=O)Cc2cccc(C(F)(F)F)c2)o1. The van der Waals surface area contributed by atoms with E-state index >= 15 is 0 Å². The van der Waals surface area contributed by atoms with Gasteiger partial charge in [0.2, 0.25) is 5.91 Å². The maximum atomic E-state index is 12.7. The molecule has 1 N–H and O–H groups in total. The van der Waals surface area contributed by atoms with E-state index in [2.05, 4.69) is 10.5 Å². The van der Waals surface area contributed by atoms with Gasteiger partial charge in [0.1, 0.15) is 11.5 Å². The standard InChI is InChI=1S/C21H16F3N3O4/c1-13-9-16(27(29)30)5-7-18(13)19-8-6-17(31-19)12-25-26-20(28)11-14-3-2-4-15(10-14)21(22,23)24/h2-10,12H,11H2,1H3,(H,26,28)/b25-12-. The maximum absolute atomic E-state index is 12.7. The summed E-state index contributed by atoms with van der Waals surface area (Å²) in [5.74, 6) is 0.185. The molecule has 7 nitrogen and oxygen atoms in total. The molecule has 0 aliphatic rings. The second kappa shape index (κ2) is 8.82. The smallest absolute Gasteiger partial charge is 0.416 e. The zero-order valence-electron chi connectivity index (χ0n) is 16.1. The zero-order valence-corrected chi connectivity index (χ0v) is 16.1. The van der Waals surface area contributed by atoms with E-state index in [4.69, 9.17) is 4.42 Å². The van der Waals surface area contributed by atoms with Crippen LogP contribution in [0.5, 0.6) is 0 Å². The topological polar surface area (TPSA) is 97.7 Å². The Morgan fingerprint density at radius 1 is 1.19 bits per heavy atom. The molecule has 0 spiro atoms. The molecule has 3 aromatic rings. The van der Waals surface area contributed by atoms with Gasteiger partial charge < -0.3 is 4.42 Å². The Hall–Kier alpha value is -3.95. The van der Waals surface area contributed by atoms with Crippen LogP contribution in [0.15, 0.2) is 64.1 Å². The van der Waals surface area contributed by atoms with E-state index in [0.29, 0.717) is 22.6 Å². The average Bonchev–Trinajstić information content (AvgIpc) is 3.16. The van der Waals surface area contributed by atoms with E-state index in [1.165, 1.54) is 30.5 Å². The Morgan fingerprint density at radius 2 is 1.97 bits per heavy atom. The average molecular weight is 431 g/mol. The molecule has 0 aliphatic heterocycles. The number of halogens is 3. The van der Waals surface area contributed by atoms with E-state index in [1.54, 1.807) is 25.1 Å². The molecule has 0 aliphatic carbocycles. The Balaban J connectivity index is 1.62. The van der Waals surface area contributed by atoms with Crippen LogP contribution in [0.25, 0.3) is 11.3 Å². The molecule has 0 saturated heterocycles. The first-order chi connectivity index (χ1) is 14.6. The van der Waals surface area contributed by atoms with Gasteiger partial charge in [-0.2, -0.15) is 18.3 Å². The highest BCUT2D eigenvalue weighted by atomic mass is 19.4. The number of benzene rings is 2. The number of rotatable bonds is 6. The first-order valence-corrected chi connectivity index (χ1v) is 8.97. The summed E-state index contributed by atoms with van der Waals surface area (Å²) in [5, 5.41) is 14.6. The summed E-state index contributed by atoms with van der Waals surface area (Å²) in [7, 11) is 0. The Labute approximate surface area is 174 Å². The predicted molar refractivity (Wildman–Crippen MR) is 106 cm³/mol. The van der Waals surface area contributed by atoms with Crippen LogP contribution in [-0.4, -0.2) is 17.0 Å². The number of hydrogen-bond donors (Lipinski definition) is 1. The number of hydrogen-bond acceptors (Lipinski definition) is 5. The second-order valence-electron chi connectivity index (χ2n) is 6.63. The van der Waals surface area contributed by atoms with E-state index in [1.807, 2.05) is 0 Å². The van der Waals surface area contributed by atoms with Gasteiger partial charge in [-0.25, -0.2) is 5.43 Å². The minimum Gasteiger partial charge on any atom is -0.455 e. The number of non-ortho nitro benzene ring substituents is 1. The van der Waals surface area contributed by atoms with Crippen molar-refractivity contribution in [3.8, 4) is 11.3 Å². The third kappa shape index (κ3) is 5.56. The van der Waals surface area contributed by atoms with Crippen LogP contribution < -0.4 is 5.43 Å². The number of amides is 1. The molecule has 1 amide bonds. The summed E-state index contributed by atoms with van der Waals surface area (Å²) in [6.45, 7) is 1.71. The Morgan fingerprint density at radius 3 is 2.65 bits per heavy atom. The van der Waals surface area contributed by atoms with Gasteiger partial charge >= 0.3 is 6.18 Å². The number of carbonyl (C=O) groups is 1. The van der Waals surface area contributed by atoms with Crippen molar-refractivity contribution in [2.75, 3.05) is 0 Å². The van der Waals surface area contributed by atoms with Crippen LogP contribution in [-0.2, 0) is 17.4 Å². The lowest BCUT2D eigenvalue weighted by molar-refractivity contribution is -0.384. The maximum Gasteiger partial charge on any atom is 0.416 e. The van der Waals surface area contributed by atoms with Crippen molar-refractivity contribution in [1.82, 2.24) is 5.43 Å². The number of carbonyl (C=O) groups excluding carboxylic acids is 1. The molecule has 0 fully saturated rings. The number of alkyl halides is 3. The summed E-state index contributed by atoms with van der Waals surface area (Å²) in [4.78, 5) is 22.3. The normalized spacial score (nSPS) is 11.6. The fourth-order valence-electron chi connectivity index (χ4n) is 2.86. The minimum atomic E-state index is -4.48. The summed E-state index contributed by atoms with van der Waals surface area (Å²) >= 11 is 0. The number of nitrogens with one attached hydrogen (secondary N) is 1. The van der Waals surface area contributed by atoms with Crippen molar-refractivity contribution in [2.45, 2.75) is 19.5 Å². The van der Waals surface area contributed by atoms with Crippen LogP contribution in [0, 0.1) is 17.0 Å². The fourth-order valence-corrected chi connectivity index (χ4v) is 2.86. The number of nitro benzene ring substituents is 1. The van der Waals surface area contributed by atoms with Gasteiger partial charge in [-0.15, -0.1) is 0 Å². The van der Waals surface area contributed by atoms with E-state index in [9.17, 15) is 28.1 Å². The van der Waals surface area contributed by atoms with Gasteiger partial charge in [0.05, 0.1) is 23.1 Å². The van der Waals surface area contributed by atoms with Crippen molar-refractivity contribution in [1.29, 1.82) is 0 Å². The number of furan rings is 1. The summed E-state index contributed by atoms with van der Waals surface area (Å²) in [6.07, 6.45) is -3.51. The lowest BCUT2D eigenvalue weighted by Crippen LogP contribution is -2.20. The van der Waals surface area contributed by atoms with Crippen LogP contribution in [0.2, 0.25) is 0 Å². The zero-order chi connectivity index (χ0) is 22.6. The molecule has 10 heteroatoms. The van der Waals surface area contributed by atoms with Gasteiger partial charge in [0.25, 0.3) is 5.69 Å². The van der Waals surface area contributed by atoms with Crippen molar-refractivity contribution in [3.05, 3.63) is 87.2 Å². The molecule has 1 aromatic heterocycles. The second-order valence-corrected chi connectivity index (χ2v) is 6.63. The lowest BCUT2D eigenvalue weighted by atomic mass is 10.1. The number of hydrazone groups is 1. The molecular formula is C21H16F3N3O4. The van der Waals surface area contributed by atoms with Gasteiger partial charge in [-0.1, -0.05) is 18.2 Å². The van der Waals surface area contributed by atoms with E-state index in [0.717, 1.165) is 12.1 Å². The molecular weight excluding hydrogens is 415 g/mol. The molecule has 0 radical (unpaired) electrons. The summed E-state index contributed by atoms with van der Waals surface area (Å²) < 4.78 is 43.8. The first kappa shape index (κ1) is 21.8. The van der Waals surface area contributed by atoms with Crippen molar-refractivity contribution in [3.63, 3.8) is 0 Å².